The first-order valence-electron chi connectivity index (χ1n) is 3.29. The Balaban J connectivity index is 2.38. The third-order valence-electron chi connectivity index (χ3n) is 1.70. The van der Waals surface area contributed by atoms with Crippen LogP contribution in [0.3, 0.4) is 0 Å². The first kappa shape index (κ1) is 6.71. The van der Waals surface area contributed by atoms with Crippen LogP contribution in [0, 0.1) is 0 Å². The van der Waals surface area contributed by atoms with Crippen molar-refractivity contribution in [2.45, 2.75) is 24.9 Å². The fourth-order valence-corrected chi connectivity index (χ4v) is 1.09. The van der Waals surface area contributed by atoms with Gasteiger partial charge in [0, 0.05) is 6.04 Å². The summed E-state index contributed by atoms with van der Waals surface area (Å²) < 4.78 is 0. The van der Waals surface area contributed by atoms with Gasteiger partial charge in [-0.1, -0.05) is 0 Å². The van der Waals surface area contributed by atoms with Gasteiger partial charge in [-0.25, -0.2) is 0 Å². The molecule has 0 amide bonds. The lowest BCUT2D eigenvalue weighted by Crippen LogP contribution is -2.50. The van der Waals surface area contributed by atoms with Crippen LogP contribution in [0.1, 0.15) is 12.8 Å². The molecule has 0 spiro atoms. The molecule has 0 saturated carbocycles. The molecule has 0 aromatic rings. The SMILES string of the molecule is N[C@@H]1CCCNC1C=O. The number of hydrogen-bond donors (Lipinski definition) is 2. The summed E-state index contributed by atoms with van der Waals surface area (Å²) in [5.41, 5.74) is 5.60. The average Bonchev–Trinajstić information content (AvgIpc) is 1.89. The average molecular weight is 128 g/mol. The normalized spacial score (nSPS) is 36.1. The standard InChI is InChI=1S/C6H12N2O/c7-5-2-1-3-8-6(5)4-9/h4-6,8H,1-3,7H2/t5-,6?/m1/s1. The van der Waals surface area contributed by atoms with E-state index < -0.39 is 0 Å². The van der Waals surface area contributed by atoms with Crippen molar-refractivity contribution >= 4 is 6.29 Å². The van der Waals surface area contributed by atoms with E-state index in [2.05, 4.69) is 5.32 Å². The van der Waals surface area contributed by atoms with Gasteiger partial charge in [-0.2, -0.15) is 0 Å². The molecule has 3 heteroatoms. The molecule has 0 aliphatic carbocycles. The Labute approximate surface area is 54.6 Å². The molecule has 9 heavy (non-hydrogen) atoms. The number of nitrogens with one attached hydrogen (secondary N) is 1. The fraction of sp³-hybridized carbons (Fsp3) is 0.833. The number of nitrogens with two attached hydrogens (primary N) is 1. The highest BCUT2D eigenvalue weighted by Gasteiger charge is 2.19. The molecule has 3 N–H and O–H groups in total. The Hall–Kier alpha value is -0.410. The number of rotatable bonds is 1. The summed E-state index contributed by atoms with van der Waals surface area (Å²) in [6.07, 6.45) is 2.95. The summed E-state index contributed by atoms with van der Waals surface area (Å²) in [5.74, 6) is 0. The van der Waals surface area contributed by atoms with Crippen molar-refractivity contribution in [3.05, 3.63) is 0 Å². The minimum Gasteiger partial charge on any atom is -0.326 e. The van der Waals surface area contributed by atoms with E-state index in [-0.39, 0.29) is 12.1 Å². The predicted octanol–water partition coefficient (Wildman–Crippen LogP) is -0.735. The zero-order valence-corrected chi connectivity index (χ0v) is 5.34. The van der Waals surface area contributed by atoms with E-state index in [9.17, 15) is 4.79 Å². The number of piperidine rings is 1. The van der Waals surface area contributed by atoms with E-state index in [1.807, 2.05) is 0 Å². The second kappa shape index (κ2) is 2.94. The molecule has 1 fully saturated rings. The molecule has 2 atom stereocenters. The van der Waals surface area contributed by atoms with Crippen molar-refractivity contribution < 1.29 is 4.79 Å². The van der Waals surface area contributed by atoms with Crippen molar-refractivity contribution in [2.75, 3.05) is 6.54 Å². The molecule has 0 bridgehead atoms. The van der Waals surface area contributed by atoms with E-state index in [0.717, 1.165) is 25.7 Å². The first-order valence-corrected chi connectivity index (χ1v) is 3.29. The minimum absolute atomic E-state index is 0.0382. The molecule has 1 aliphatic rings. The maximum Gasteiger partial charge on any atom is 0.138 e. The maximum atomic E-state index is 10.2. The van der Waals surface area contributed by atoms with Gasteiger partial charge in [0.2, 0.25) is 0 Å². The third-order valence-corrected chi connectivity index (χ3v) is 1.70. The molecule has 3 nitrogen and oxygen atoms in total. The van der Waals surface area contributed by atoms with Gasteiger partial charge in [-0.15, -0.1) is 0 Å². The smallest absolute Gasteiger partial charge is 0.138 e. The number of carbonyl (C=O) groups is 1. The second-order valence-electron chi connectivity index (χ2n) is 2.42. The van der Waals surface area contributed by atoms with E-state index in [1.165, 1.54) is 0 Å². The lowest BCUT2D eigenvalue weighted by atomic mass is 10.0. The largest absolute Gasteiger partial charge is 0.326 e. The molecule has 52 valence electrons. The Bertz CT molecular complexity index is 105. The van der Waals surface area contributed by atoms with Crippen LogP contribution in [0.2, 0.25) is 0 Å². The van der Waals surface area contributed by atoms with Crippen molar-refractivity contribution in [2.24, 2.45) is 5.73 Å². The van der Waals surface area contributed by atoms with Gasteiger partial charge in [0.1, 0.15) is 6.29 Å². The van der Waals surface area contributed by atoms with Gasteiger partial charge in [0.25, 0.3) is 0 Å². The van der Waals surface area contributed by atoms with Crippen LogP contribution >= 0.6 is 0 Å². The summed E-state index contributed by atoms with van der Waals surface area (Å²) in [6.45, 7) is 0.928. The zero-order chi connectivity index (χ0) is 6.69. The highest BCUT2D eigenvalue weighted by molar-refractivity contribution is 5.59. The second-order valence-corrected chi connectivity index (χ2v) is 2.42. The highest BCUT2D eigenvalue weighted by atomic mass is 16.1. The van der Waals surface area contributed by atoms with Crippen LogP contribution in [-0.4, -0.2) is 24.9 Å². The molecule has 1 heterocycles. The van der Waals surface area contributed by atoms with Crippen LogP contribution in [0.5, 0.6) is 0 Å². The van der Waals surface area contributed by atoms with Gasteiger partial charge in [0.05, 0.1) is 6.04 Å². The van der Waals surface area contributed by atoms with E-state index >= 15 is 0 Å². The zero-order valence-electron chi connectivity index (χ0n) is 5.34. The summed E-state index contributed by atoms with van der Waals surface area (Å²) >= 11 is 0. The van der Waals surface area contributed by atoms with Crippen LogP contribution in [0.15, 0.2) is 0 Å². The van der Waals surface area contributed by atoms with Gasteiger partial charge >= 0.3 is 0 Å². The molecule has 0 aromatic carbocycles. The Morgan fingerprint density at radius 2 is 2.44 bits per heavy atom. The van der Waals surface area contributed by atoms with Crippen molar-refractivity contribution in [3.63, 3.8) is 0 Å². The van der Waals surface area contributed by atoms with Crippen molar-refractivity contribution in [1.82, 2.24) is 5.32 Å². The van der Waals surface area contributed by atoms with E-state index in [1.54, 1.807) is 0 Å². The summed E-state index contributed by atoms with van der Waals surface area (Å²) in [6, 6.07) is -0.0602. The quantitative estimate of drug-likeness (QED) is 0.457. The van der Waals surface area contributed by atoms with E-state index in [4.69, 9.17) is 5.73 Å². The fourth-order valence-electron chi connectivity index (χ4n) is 1.09. The van der Waals surface area contributed by atoms with Crippen LogP contribution < -0.4 is 11.1 Å². The first-order chi connectivity index (χ1) is 4.34. The summed E-state index contributed by atoms with van der Waals surface area (Å²) in [7, 11) is 0. The number of carbonyl (C=O) groups excluding carboxylic acids is 1. The molecule has 1 saturated heterocycles. The van der Waals surface area contributed by atoms with E-state index in [0.29, 0.717) is 0 Å². The Kier molecular flexibility index (Phi) is 2.19. The molecule has 1 rings (SSSR count). The summed E-state index contributed by atoms with van der Waals surface area (Å²) in [5, 5.41) is 3.03. The number of hydrogen-bond acceptors (Lipinski definition) is 3. The lowest BCUT2D eigenvalue weighted by molar-refractivity contribution is -0.110. The van der Waals surface area contributed by atoms with Crippen LogP contribution in [0.4, 0.5) is 0 Å². The Morgan fingerprint density at radius 3 is 2.89 bits per heavy atom. The molecule has 0 aromatic heterocycles. The van der Waals surface area contributed by atoms with Gasteiger partial charge in [-0.05, 0) is 19.4 Å². The van der Waals surface area contributed by atoms with Gasteiger partial charge in [-0.3, -0.25) is 0 Å². The monoisotopic (exact) mass is 128 g/mol. The van der Waals surface area contributed by atoms with Crippen LogP contribution in [0.25, 0.3) is 0 Å². The molecule has 1 aliphatic heterocycles. The highest BCUT2D eigenvalue weighted by Crippen LogP contribution is 2.03. The minimum atomic E-state index is -0.0984. The molecular formula is C6H12N2O. The Morgan fingerprint density at radius 1 is 1.67 bits per heavy atom. The molecule has 1 unspecified atom stereocenters. The maximum absolute atomic E-state index is 10.2. The van der Waals surface area contributed by atoms with Crippen molar-refractivity contribution in [1.29, 1.82) is 0 Å². The topological polar surface area (TPSA) is 55.1 Å². The summed E-state index contributed by atoms with van der Waals surface area (Å²) in [4.78, 5) is 10.2. The van der Waals surface area contributed by atoms with Gasteiger partial charge in [0.15, 0.2) is 0 Å². The number of aldehydes is 1. The van der Waals surface area contributed by atoms with Crippen LogP contribution in [-0.2, 0) is 4.79 Å². The third kappa shape index (κ3) is 1.50. The molecule has 0 radical (unpaired) electrons. The molecular weight excluding hydrogens is 116 g/mol. The van der Waals surface area contributed by atoms with Gasteiger partial charge < -0.3 is 15.8 Å². The van der Waals surface area contributed by atoms with Crippen molar-refractivity contribution in [3.8, 4) is 0 Å². The lowest BCUT2D eigenvalue weighted by Gasteiger charge is -2.24. The predicted molar refractivity (Wildman–Crippen MR) is 35.1 cm³/mol.